The predicted molar refractivity (Wildman–Crippen MR) is 66.4 cm³/mol. The number of carboxylic acid groups (broad SMARTS) is 1. The van der Waals surface area contributed by atoms with Crippen molar-refractivity contribution in [2.45, 2.75) is 20.3 Å². The largest absolute Gasteiger partial charge is 0.477 e. The van der Waals surface area contributed by atoms with Crippen LogP contribution < -0.4 is 4.90 Å². The summed E-state index contributed by atoms with van der Waals surface area (Å²) in [6.07, 6.45) is 2.69. The van der Waals surface area contributed by atoms with Crippen molar-refractivity contribution < 1.29 is 9.90 Å². The monoisotopic (exact) mass is 235 g/mol. The Morgan fingerprint density at radius 3 is 2.82 bits per heavy atom. The molecule has 0 aromatic carbocycles. The molecule has 5 nitrogen and oxygen atoms in total. The van der Waals surface area contributed by atoms with E-state index in [1.807, 2.05) is 11.8 Å². The highest BCUT2D eigenvalue weighted by Crippen LogP contribution is 2.11. The summed E-state index contributed by atoms with van der Waals surface area (Å²) in [4.78, 5) is 21.1. The Labute approximate surface area is 101 Å². The molecule has 0 unspecified atom stereocenters. The first-order valence-electron chi connectivity index (χ1n) is 5.53. The standard InChI is InChI=1S/C12H17N3O2/c1-4-6-15(7-5-2)12-13-9(3)8-10(14-12)11(16)17/h4,8H,1,5-7H2,2-3H3,(H,16,17). The smallest absolute Gasteiger partial charge is 0.354 e. The molecular weight excluding hydrogens is 218 g/mol. The highest BCUT2D eigenvalue weighted by atomic mass is 16.4. The summed E-state index contributed by atoms with van der Waals surface area (Å²) in [5.41, 5.74) is 0.676. The fourth-order valence-corrected chi connectivity index (χ4v) is 1.50. The number of carbonyl (C=O) groups is 1. The van der Waals surface area contributed by atoms with E-state index in [-0.39, 0.29) is 5.69 Å². The molecule has 17 heavy (non-hydrogen) atoms. The van der Waals surface area contributed by atoms with Crippen LogP contribution in [0.25, 0.3) is 0 Å². The van der Waals surface area contributed by atoms with E-state index in [1.54, 1.807) is 13.0 Å². The van der Waals surface area contributed by atoms with Crippen molar-refractivity contribution in [2.75, 3.05) is 18.0 Å². The molecule has 1 N–H and O–H groups in total. The van der Waals surface area contributed by atoms with Crippen molar-refractivity contribution in [3.05, 3.63) is 30.1 Å². The number of hydrogen-bond donors (Lipinski definition) is 1. The van der Waals surface area contributed by atoms with E-state index in [2.05, 4.69) is 16.5 Å². The predicted octanol–water partition coefficient (Wildman–Crippen LogP) is 1.89. The Bertz CT molecular complexity index is 418. The quantitative estimate of drug-likeness (QED) is 0.763. The summed E-state index contributed by atoms with van der Waals surface area (Å²) >= 11 is 0. The first kappa shape index (κ1) is 13.2. The van der Waals surface area contributed by atoms with E-state index < -0.39 is 5.97 Å². The molecule has 0 fully saturated rings. The zero-order valence-corrected chi connectivity index (χ0v) is 10.2. The second-order valence-corrected chi connectivity index (χ2v) is 3.73. The molecule has 0 aliphatic rings. The molecule has 0 spiro atoms. The van der Waals surface area contributed by atoms with Crippen LogP contribution in [0.1, 0.15) is 29.5 Å². The maximum atomic E-state index is 10.9. The molecule has 92 valence electrons. The molecule has 1 rings (SSSR count). The summed E-state index contributed by atoms with van der Waals surface area (Å²) in [6.45, 7) is 8.86. The molecule has 0 aliphatic carbocycles. The Hall–Kier alpha value is -1.91. The van der Waals surface area contributed by atoms with Gasteiger partial charge in [-0.15, -0.1) is 6.58 Å². The van der Waals surface area contributed by atoms with Crippen molar-refractivity contribution in [3.8, 4) is 0 Å². The summed E-state index contributed by atoms with van der Waals surface area (Å²) in [6, 6.07) is 1.46. The number of hydrogen-bond acceptors (Lipinski definition) is 4. The van der Waals surface area contributed by atoms with Gasteiger partial charge in [0.2, 0.25) is 5.95 Å². The van der Waals surface area contributed by atoms with E-state index in [1.165, 1.54) is 6.07 Å². The van der Waals surface area contributed by atoms with Gasteiger partial charge in [0.1, 0.15) is 0 Å². The fourth-order valence-electron chi connectivity index (χ4n) is 1.50. The van der Waals surface area contributed by atoms with Gasteiger partial charge in [-0.1, -0.05) is 13.0 Å². The third kappa shape index (κ3) is 3.55. The van der Waals surface area contributed by atoms with Crippen LogP contribution in [-0.4, -0.2) is 34.1 Å². The molecule has 0 aliphatic heterocycles. The molecule has 0 amide bonds. The third-order valence-corrected chi connectivity index (χ3v) is 2.19. The number of aromatic carboxylic acids is 1. The number of carboxylic acids is 1. The van der Waals surface area contributed by atoms with Gasteiger partial charge in [0.05, 0.1) is 0 Å². The normalized spacial score (nSPS) is 10.0. The van der Waals surface area contributed by atoms with Gasteiger partial charge < -0.3 is 10.0 Å². The molecule has 1 heterocycles. The van der Waals surface area contributed by atoms with Gasteiger partial charge in [-0.2, -0.15) is 0 Å². The lowest BCUT2D eigenvalue weighted by molar-refractivity contribution is 0.0690. The molecule has 0 bridgehead atoms. The van der Waals surface area contributed by atoms with Gasteiger partial charge in [0.15, 0.2) is 5.69 Å². The van der Waals surface area contributed by atoms with Crippen LogP contribution in [-0.2, 0) is 0 Å². The van der Waals surface area contributed by atoms with Crippen LogP contribution in [0, 0.1) is 6.92 Å². The highest BCUT2D eigenvalue weighted by molar-refractivity contribution is 5.85. The molecule has 1 aromatic rings. The number of aryl methyl sites for hydroxylation is 1. The SMILES string of the molecule is C=CCN(CCC)c1nc(C)cc(C(=O)O)n1. The topological polar surface area (TPSA) is 66.3 Å². The number of nitrogens with zero attached hydrogens (tertiary/aromatic N) is 3. The summed E-state index contributed by atoms with van der Waals surface area (Å²) in [7, 11) is 0. The molecule has 5 heteroatoms. The molecule has 0 radical (unpaired) electrons. The lowest BCUT2D eigenvalue weighted by Gasteiger charge is -2.20. The van der Waals surface area contributed by atoms with Gasteiger partial charge in [-0.25, -0.2) is 14.8 Å². The van der Waals surface area contributed by atoms with Gasteiger partial charge in [-0.3, -0.25) is 0 Å². The molecule has 0 saturated heterocycles. The number of anilines is 1. The van der Waals surface area contributed by atoms with E-state index in [0.29, 0.717) is 18.2 Å². The van der Waals surface area contributed by atoms with E-state index in [4.69, 9.17) is 5.11 Å². The van der Waals surface area contributed by atoms with Crippen molar-refractivity contribution in [1.29, 1.82) is 0 Å². The first-order valence-corrected chi connectivity index (χ1v) is 5.53. The maximum absolute atomic E-state index is 10.9. The Morgan fingerprint density at radius 2 is 2.29 bits per heavy atom. The van der Waals surface area contributed by atoms with Crippen molar-refractivity contribution in [2.24, 2.45) is 0 Å². The second-order valence-electron chi connectivity index (χ2n) is 3.73. The minimum atomic E-state index is -1.04. The first-order chi connectivity index (χ1) is 8.08. The number of aromatic nitrogens is 2. The molecule has 0 atom stereocenters. The van der Waals surface area contributed by atoms with Crippen molar-refractivity contribution in [1.82, 2.24) is 9.97 Å². The lowest BCUT2D eigenvalue weighted by atomic mass is 10.3. The average Bonchev–Trinajstić information content (AvgIpc) is 2.28. The second kappa shape index (κ2) is 5.98. The average molecular weight is 235 g/mol. The summed E-state index contributed by atoms with van der Waals surface area (Å²) in [5, 5.41) is 8.95. The third-order valence-electron chi connectivity index (χ3n) is 2.19. The fraction of sp³-hybridized carbons (Fsp3) is 0.417. The highest BCUT2D eigenvalue weighted by Gasteiger charge is 2.12. The molecular formula is C12H17N3O2. The zero-order chi connectivity index (χ0) is 12.8. The van der Waals surface area contributed by atoms with Crippen molar-refractivity contribution in [3.63, 3.8) is 0 Å². The minimum Gasteiger partial charge on any atom is -0.477 e. The van der Waals surface area contributed by atoms with Crippen LogP contribution in [0.5, 0.6) is 0 Å². The van der Waals surface area contributed by atoms with Crippen LogP contribution >= 0.6 is 0 Å². The molecule has 1 aromatic heterocycles. The maximum Gasteiger partial charge on any atom is 0.354 e. The van der Waals surface area contributed by atoms with E-state index in [0.717, 1.165) is 13.0 Å². The molecule has 0 saturated carbocycles. The van der Waals surface area contributed by atoms with Gasteiger partial charge in [0, 0.05) is 18.8 Å². The van der Waals surface area contributed by atoms with Gasteiger partial charge >= 0.3 is 5.97 Å². The Morgan fingerprint density at radius 1 is 1.59 bits per heavy atom. The van der Waals surface area contributed by atoms with Crippen LogP contribution in [0.4, 0.5) is 5.95 Å². The van der Waals surface area contributed by atoms with Crippen LogP contribution in [0.3, 0.4) is 0 Å². The van der Waals surface area contributed by atoms with Crippen molar-refractivity contribution >= 4 is 11.9 Å². The zero-order valence-electron chi connectivity index (χ0n) is 10.2. The van der Waals surface area contributed by atoms with Crippen LogP contribution in [0.2, 0.25) is 0 Å². The van der Waals surface area contributed by atoms with E-state index in [9.17, 15) is 4.79 Å². The summed E-state index contributed by atoms with van der Waals surface area (Å²) in [5.74, 6) is -0.587. The van der Waals surface area contributed by atoms with E-state index >= 15 is 0 Å². The number of rotatable bonds is 6. The van der Waals surface area contributed by atoms with Gasteiger partial charge in [0.25, 0.3) is 0 Å². The summed E-state index contributed by atoms with van der Waals surface area (Å²) < 4.78 is 0. The minimum absolute atomic E-state index is 0.0256. The Balaban J connectivity index is 3.08. The lowest BCUT2D eigenvalue weighted by Crippen LogP contribution is -2.27. The van der Waals surface area contributed by atoms with Crippen LogP contribution in [0.15, 0.2) is 18.7 Å². The Kier molecular flexibility index (Phi) is 4.63. The van der Waals surface area contributed by atoms with Gasteiger partial charge in [-0.05, 0) is 19.4 Å².